The topological polar surface area (TPSA) is 235 Å². The molecule has 198 valence electrons. The van der Waals surface area contributed by atoms with Crippen molar-refractivity contribution < 1.29 is 0 Å². The molecule has 0 atom stereocenters. The van der Waals surface area contributed by atoms with Crippen LogP contribution in [0.2, 0.25) is 10.0 Å². The lowest BCUT2D eigenvalue weighted by atomic mass is 10.2. The van der Waals surface area contributed by atoms with Gasteiger partial charge in [0, 0.05) is 10.0 Å². The predicted octanol–water partition coefficient (Wildman–Crippen LogP) is 3.04. The highest BCUT2D eigenvalue weighted by Gasteiger charge is 2.09. The molecule has 0 radical (unpaired) electrons. The predicted molar refractivity (Wildman–Crippen MR) is 153 cm³/mol. The number of halogens is 2. The lowest BCUT2D eigenvalue weighted by Gasteiger charge is -2.16. The largest absolute Gasteiger partial charge is 0.369 e. The average molecular weight is 540 g/mol. The van der Waals surface area contributed by atoms with Crippen molar-refractivity contribution in [3.05, 3.63) is 58.6 Å². The van der Waals surface area contributed by atoms with Crippen molar-refractivity contribution in [3.63, 3.8) is 0 Å². The Kier molecular flexibility index (Phi) is 15.6. The number of unbranched alkanes of at least 4 members (excludes halogenated alkanes) is 3. The maximum absolute atomic E-state index is 7.29. The van der Waals surface area contributed by atoms with Crippen molar-refractivity contribution in [2.45, 2.75) is 39.5 Å². The van der Waals surface area contributed by atoms with Crippen molar-refractivity contribution >= 4 is 58.4 Å². The molecule has 0 saturated carbocycles. The summed E-state index contributed by atoms with van der Waals surface area (Å²) in [6.45, 7) is 4.46. The molecule has 0 spiro atoms. The Morgan fingerprint density at radius 2 is 0.917 bits per heavy atom. The molecule has 14 N–H and O–H groups in total. The molecular formula is C22H36Cl2N12. The molecule has 0 aliphatic carbocycles. The molecule has 2 aromatic carbocycles. The van der Waals surface area contributed by atoms with Gasteiger partial charge in [-0.1, -0.05) is 62.7 Å². The molecule has 0 aliphatic heterocycles. The number of hydrazone groups is 2. The first-order chi connectivity index (χ1) is 16.9. The number of nitrogens with one attached hydrogen (secondary N) is 2. The van der Waals surface area contributed by atoms with Gasteiger partial charge in [-0.15, -0.1) is 10.2 Å². The molecule has 0 aliphatic rings. The van der Waals surface area contributed by atoms with Crippen LogP contribution in [0.5, 0.6) is 0 Å². The smallest absolute Gasteiger partial charge is 0.214 e. The summed E-state index contributed by atoms with van der Waals surface area (Å²) in [4.78, 5) is 0. The number of nitrogens with two attached hydrogens (primary N) is 6. The first-order valence-corrected chi connectivity index (χ1v) is 11.7. The van der Waals surface area contributed by atoms with Crippen LogP contribution in [0.4, 0.5) is 11.4 Å². The van der Waals surface area contributed by atoms with E-state index in [1.54, 1.807) is 48.5 Å². The second-order valence-electron chi connectivity index (χ2n) is 7.10. The van der Waals surface area contributed by atoms with Gasteiger partial charge in [0.05, 0.1) is 11.4 Å². The van der Waals surface area contributed by atoms with Gasteiger partial charge in [-0.05, 0) is 48.5 Å². The van der Waals surface area contributed by atoms with Gasteiger partial charge in [-0.25, -0.2) is 0 Å². The molecule has 14 heteroatoms. The number of rotatable bonds is 7. The van der Waals surface area contributed by atoms with Crippen LogP contribution in [0, 0.1) is 10.8 Å². The summed E-state index contributed by atoms with van der Waals surface area (Å²) in [5.41, 5.74) is 32.6. The summed E-state index contributed by atoms with van der Waals surface area (Å²) >= 11 is 11.4. The molecule has 0 unspecified atom stereocenters. The molecule has 12 nitrogen and oxygen atoms in total. The summed E-state index contributed by atoms with van der Waals surface area (Å²) in [7, 11) is 0. The third-order valence-electron chi connectivity index (χ3n) is 3.99. The van der Waals surface area contributed by atoms with Crippen LogP contribution in [-0.4, -0.2) is 23.8 Å². The Morgan fingerprint density at radius 3 is 1.11 bits per heavy atom. The van der Waals surface area contributed by atoms with E-state index >= 15 is 0 Å². The SMILES string of the molecule is CCCCCC.N=C(N)N(N=C(N)N)c1ccc(Cl)cc1.N=C(N)N(N=C(N)N)c1ccc(Cl)cc1. The van der Waals surface area contributed by atoms with Crippen LogP contribution in [-0.2, 0) is 0 Å². The summed E-state index contributed by atoms with van der Waals surface area (Å²) in [6, 6.07) is 13.2. The van der Waals surface area contributed by atoms with Gasteiger partial charge in [0.1, 0.15) is 0 Å². The van der Waals surface area contributed by atoms with Crippen LogP contribution in [0.15, 0.2) is 58.7 Å². The Balaban J connectivity index is 0.000000558. The van der Waals surface area contributed by atoms with Crippen LogP contribution < -0.4 is 44.4 Å². The van der Waals surface area contributed by atoms with Crippen molar-refractivity contribution in [1.29, 1.82) is 10.8 Å². The van der Waals surface area contributed by atoms with Gasteiger partial charge in [-0.2, -0.15) is 10.0 Å². The van der Waals surface area contributed by atoms with Gasteiger partial charge < -0.3 is 34.4 Å². The van der Waals surface area contributed by atoms with E-state index in [0.717, 1.165) is 10.0 Å². The molecule has 36 heavy (non-hydrogen) atoms. The van der Waals surface area contributed by atoms with E-state index in [9.17, 15) is 0 Å². The molecule has 0 heterocycles. The van der Waals surface area contributed by atoms with Gasteiger partial charge >= 0.3 is 0 Å². The number of nitrogens with zero attached hydrogens (tertiary/aromatic N) is 4. The van der Waals surface area contributed by atoms with Crippen molar-refractivity contribution in [1.82, 2.24) is 0 Å². The van der Waals surface area contributed by atoms with E-state index in [0.29, 0.717) is 21.4 Å². The molecule has 2 rings (SSSR count). The number of hydrogen-bond acceptors (Lipinski definition) is 4. The summed E-state index contributed by atoms with van der Waals surface area (Å²) in [6.07, 6.45) is 5.54. The van der Waals surface area contributed by atoms with Gasteiger partial charge in [-0.3, -0.25) is 10.8 Å². The number of anilines is 2. The fraction of sp³-hybridized carbons (Fsp3) is 0.273. The van der Waals surface area contributed by atoms with E-state index in [4.69, 9.17) is 68.4 Å². The van der Waals surface area contributed by atoms with E-state index in [1.165, 1.54) is 25.7 Å². The molecule has 0 fully saturated rings. The standard InChI is InChI=1S/2C8H11ClN6.C6H14/c2*9-5-1-3-6(4-2-5)15(8(12)13)14-7(10)11;1-3-5-6-4-2/h2*1-4H,(H3,12,13)(H4,10,11,14);3-6H2,1-2H3. The number of guanidine groups is 4. The molecule has 0 aromatic heterocycles. The van der Waals surface area contributed by atoms with Gasteiger partial charge in [0.2, 0.25) is 23.8 Å². The minimum atomic E-state index is -0.286. The molecule has 0 bridgehead atoms. The van der Waals surface area contributed by atoms with E-state index in [2.05, 4.69) is 24.1 Å². The van der Waals surface area contributed by atoms with Crippen LogP contribution >= 0.6 is 23.2 Å². The van der Waals surface area contributed by atoms with Crippen molar-refractivity contribution in [2.24, 2.45) is 44.6 Å². The zero-order valence-corrected chi connectivity index (χ0v) is 22.0. The van der Waals surface area contributed by atoms with E-state index in [-0.39, 0.29) is 23.8 Å². The third kappa shape index (κ3) is 13.7. The third-order valence-corrected chi connectivity index (χ3v) is 4.49. The highest BCUT2D eigenvalue weighted by atomic mass is 35.5. The lowest BCUT2D eigenvalue weighted by Crippen LogP contribution is -2.36. The van der Waals surface area contributed by atoms with Gasteiger partial charge in [0.15, 0.2) is 0 Å². The highest BCUT2D eigenvalue weighted by molar-refractivity contribution is 6.31. The van der Waals surface area contributed by atoms with Crippen molar-refractivity contribution in [2.75, 3.05) is 10.0 Å². The fourth-order valence-corrected chi connectivity index (χ4v) is 2.65. The summed E-state index contributed by atoms with van der Waals surface area (Å²) in [5, 5.41) is 25.3. The molecule has 0 amide bonds. The molecule has 2 aromatic rings. The van der Waals surface area contributed by atoms with E-state index < -0.39 is 0 Å². The average Bonchev–Trinajstić information content (AvgIpc) is 2.81. The zero-order chi connectivity index (χ0) is 27.7. The second-order valence-corrected chi connectivity index (χ2v) is 7.98. The minimum absolute atomic E-state index is 0.180. The normalized spacial score (nSPS) is 9.33. The highest BCUT2D eigenvalue weighted by Crippen LogP contribution is 2.18. The Hall–Kier alpha value is -3.90. The fourth-order valence-electron chi connectivity index (χ4n) is 2.40. The van der Waals surface area contributed by atoms with Crippen molar-refractivity contribution in [3.8, 4) is 0 Å². The summed E-state index contributed by atoms with van der Waals surface area (Å²) in [5.74, 6) is -0.934. The molecule has 0 saturated heterocycles. The Labute approximate surface area is 221 Å². The summed E-state index contributed by atoms with van der Waals surface area (Å²) < 4.78 is 0. The monoisotopic (exact) mass is 538 g/mol. The van der Waals surface area contributed by atoms with E-state index in [1.807, 2.05) is 0 Å². The lowest BCUT2D eigenvalue weighted by molar-refractivity contribution is 0.702. The van der Waals surface area contributed by atoms with Crippen LogP contribution in [0.3, 0.4) is 0 Å². The second kappa shape index (κ2) is 17.5. The molecular weight excluding hydrogens is 503 g/mol. The first-order valence-electron chi connectivity index (χ1n) is 10.9. The Morgan fingerprint density at radius 1 is 0.639 bits per heavy atom. The Bertz CT molecular complexity index is 902. The quantitative estimate of drug-likeness (QED) is 0.112. The maximum Gasteiger partial charge on any atom is 0.214 e. The maximum atomic E-state index is 7.29. The van der Waals surface area contributed by atoms with Crippen LogP contribution in [0.25, 0.3) is 0 Å². The minimum Gasteiger partial charge on any atom is -0.369 e. The van der Waals surface area contributed by atoms with Gasteiger partial charge in [0.25, 0.3) is 0 Å². The number of benzene rings is 2. The number of hydrogen-bond donors (Lipinski definition) is 8. The first kappa shape index (κ1) is 32.1. The van der Waals surface area contributed by atoms with Crippen LogP contribution in [0.1, 0.15) is 39.5 Å². The zero-order valence-electron chi connectivity index (χ0n) is 20.5.